The number of ether oxygens (including phenoxy) is 1. The Hall–Kier alpha value is -0.590. The molecule has 0 unspecified atom stereocenters. The van der Waals surface area contributed by atoms with Gasteiger partial charge in [0.2, 0.25) is 5.91 Å². The summed E-state index contributed by atoms with van der Waals surface area (Å²) in [5, 5.41) is 5.98. The van der Waals surface area contributed by atoms with Crippen molar-refractivity contribution in [2.45, 2.75) is 20.4 Å². The quantitative estimate of drug-likeness (QED) is 0.761. The Bertz CT molecular complexity index is 467. The second-order valence-electron chi connectivity index (χ2n) is 5.16. The van der Waals surface area contributed by atoms with Crippen molar-refractivity contribution in [3.8, 4) is 5.75 Å². The van der Waals surface area contributed by atoms with Crippen LogP contribution in [0.25, 0.3) is 0 Å². The average molecular weight is 408 g/mol. The van der Waals surface area contributed by atoms with Crippen molar-refractivity contribution in [2.75, 3.05) is 20.7 Å². The van der Waals surface area contributed by atoms with Gasteiger partial charge in [0.15, 0.2) is 0 Å². The molecule has 0 aromatic heterocycles. The summed E-state index contributed by atoms with van der Waals surface area (Å²) in [6, 6.07) is 4.01. The van der Waals surface area contributed by atoms with Crippen LogP contribution in [0.2, 0.25) is 0 Å². The molecule has 1 rings (SSSR count). The number of carbonyl (C=O) groups excluding carboxylic acids is 1. The molecule has 1 aromatic rings. The molecule has 0 saturated carbocycles. The number of hydrogen-bond donors (Lipinski definition) is 2. The van der Waals surface area contributed by atoms with E-state index in [-0.39, 0.29) is 5.91 Å². The molecule has 112 valence electrons. The first-order chi connectivity index (χ1) is 9.31. The van der Waals surface area contributed by atoms with E-state index in [0.717, 1.165) is 20.3 Å². The average Bonchev–Trinajstić information content (AvgIpc) is 2.37. The van der Waals surface area contributed by atoms with E-state index in [2.05, 4.69) is 42.5 Å². The van der Waals surface area contributed by atoms with Gasteiger partial charge in [-0.15, -0.1) is 0 Å². The second kappa shape index (κ2) is 7.43. The lowest BCUT2D eigenvalue weighted by atomic mass is 9.92. The molecule has 4 nitrogen and oxygen atoms in total. The lowest BCUT2D eigenvalue weighted by Gasteiger charge is -2.23. The van der Waals surface area contributed by atoms with Gasteiger partial charge < -0.3 is 15.4 Å². The maximum absolute atomic E-state index is 11.7. The predicted octanol–water partition coefficient (Wildman–Crippen LogP) is 3.08. The molecule has 1 amide bonds. The molecule has 0 saturated heterocycles. The van der Waals surface area contributed by atoms with Crippen molar-refractivity contribution >= 4 is 37.8 Å². The molecule has 2 N–H and O–H groups in total. The summed E-state index contributed by atoms with van der Waals surface area (Å²) >= 11 is 6.95. The van der Waals surface area contributed by atoms with Crippen molar-refractivity contribution in [2.24, 2.45) is 5.41 Å². The second-order valence-corrected chi connectivity index (χ2v) is 6.87. The van der Waals surface area contributed by atoms with Gasteiger partial charge in [-0.05, 0) is 63.4 Å². The fraction of sp³-hybridized carbons (Fsp3) is 0.500. The molecule has 0 aliphatic carbocycles. The third-order valence-electron chi connectivity index (χ3n) is 3.00. The zero-order chi connectivity index (χ0) is 15.3. The minimum atomic E-state index is -0.435. The summed E-state index contributed by atoms with van der Waals surface area (Å²) < 4.78 is 7.07. The van der Waals surface area contributed by atoms with E-state index in [1.165, 1.54) is 0 Å². The SMILES string of the molecule is CNC(=O)C(C)(C)CNCc1cc(Br)c(OC)c(Br)c1. The molecule has 0 radical (unpaired) electrons. The van der Waals surface area contributed by atoms with E-state index >= 15 is 0 Å². The standard InChI is InChI=1S/C14H20Br2N2O2/c1-14(2,13(19)17-3)8-18-7-9-5-10(15)12(20-4)11(16)6-9/h5-6,18H,7-8H2,1-4H3,(H,17,19). The van der Waals surface area contributed by atoms with Gasteiger partial charge in [-0.25, -0.2) is 0 Å². The topological polar surface area (TPSA) is 50.4 Å². The number of carbonyl (C=O) groups is 1. The number of benzene rings is 1. The lowest BCUT2D eigenvalue weighted by molar-refractivity contribution is -0.128. The van der Waals surface area contributed by atoms with E-state index in [4.69, 9.17) is 4.74 Å². The first-order valence-electron chi connectivity index (χ1n) is 6.26. The van der Waals surface area contributed by atoms with Crippen molar-refractivity contribution in [1.82, 2.24) is 10.6 Å². The van der Waals surface area contributed by atoms with Gasteiger partial charge in [0.25, 0.3) is 0 Å². The van der Waals surface area contributed by atoms with Crippen LogP contribution in [-0.2, 0) is 11.3 Å². The zero-order valence-corrected chi connectivity index (χ0v) is 15.3. The largest absolute Gasteiger partial charge is 0.494 e. The van der Waals surface area contributed by atoms with Gasteiger partial charge in [0.05, 0.1) is 21.5 Å². The summed E-state index contributed by atoms with van der Waals surface area (Å²) in [6.45, 7) is 5.12. The Morgan fingerprint density at radius 2 is 1.85 bits per heavy atom. The van der Waals surface area contributed by atoms with Crippen molar-refractivity contribution in [3.05, 3.63) is 26.6 Å². The van der Waals surface area contributed by atoms with Gasteiger partial charge in [-0.1, -0.05) is 0 Å². The maximum Gasteiger partial charge on any atom is 0.226 e. The number of amides is 1. The summed E-state index contributed by atoms with van der Waals surface area (Å²) in [5.41, 5.74) is 0.674. The molecular weight excluding hydrogens is 388 g/mol. The molecule has 0 spiro atoms. The van der Waals surface area contributed by atoms with Crippen LogP contribution in [-0.4, -0.2) is 26.6 Å². The third-order valence-corrected chi connectivity index (χ3v) is 4.18. The molecule has 1 aromatic carbocycles. The first-order valence-corrected chi connectivity index (χ1v) is 7.85. The van der Waals surface area contributed by atoms with E-state index in [1.807, 2.05) is 26.0 Å². The predicted molar refractivity (Wildman–Crippen MR) is 87.9 cm³/mol. The van der Waals surface area contributed by atoms with Crippen molar-refractivity contribution < 1.29 is 9.53 Å². The maximum atomic E-state index is 11.7. The smallest absolute Gasteiger partial charge is 0.226 e. The molecule has 0 fully saturated rings. The van der Waals surface area contributed by atoms with Crippen LogP contribution in [0.15, 0.2) is 21.1 Å². The highest BCUT2D eigenvalue weighted by atomic mass is 79.9. The summed E-state index contributed by atoms with van der Waals surface area (Å²) in [5.74, 6) is 0.807. The molecule has 0 bridgehead atoms. The Morgan fingerprint density at radius 1 is 1.30 bits per heavy atom. The van der Waals surface area contributed by atoms with Gasteiger partial charge in [0, 0.05) is 20.1 Å². The highest BCUT2D eigenvalue weighted by Gasteiger charge is 2.25. The van der Waals surface area contributed by atoms with Crippen LogP contribution in [0.1, 0.15) is 19.4 Å². The van der Waals surface area contributed by atoms with Crippen LogP contribution in [0, 0.1) is 5.41 Å². The minimum Gasteiger partial charge on any atom is -0.494 e. The number of rotatable bonds is 6. The van der Waals surface area contributed by atoms with Crippen LogP contribution in [0.3, 0.4) is 0 Å². The van der Waals surface area contributed by atoms with Crippen LogP contribution in [0.4, 0.5) is 0 Å². The van der Waals surface area contributed by atoms with E-state index in [1.54, 1.807) is 14.2 Å². The van der Waals surface area contributed by atoms with Crippen LogP contribution >= 0.6 is 31.9 Å². The Balaban J connectivity index is 2.65. The fourth-order valence-electron chi connectivity index (χ4n) is 1.85. The highest BCUT2D eigenvalue weighted by Crippen LogP contribution is 2.34. The normalized spacial score (nSPS) is 11.3. The Labute approximate surface area is 136 Å². The molecule has 0 aliphatic heterocycles. The number of halogens is 2. The zero-order valence-electron chi connectivity index (χ0n) is 12.1. The number of hydrogen-bond acceptors (Lipinski definition) is 3. The molecular formula is C14H20Br2N2O2. The molecule has 0 atom stereocenters. The van der Waals surface area contributed by atoms with Crippen LogP contribution < -0.4 is 15.4 Å². The monoisotopic (exact) mass is 406 g/mol. The number of methoxy groups -OCH3 is 1. The van der Waals surface area contributed by atoms with Gasteiger partial charge in [0.1, 0.15) is 5.75 Å². The van der Waals surface area contributed by atoms with Crippen molar-refractivity contribution in [1.29, 1.82) is 0 Å². The molecule has 20 heavy (non-hydrogen) atoms. The number of nitrogens with one attached hydrogen (secondary N) is 2. The van der Waals surface area contributed by atoms with Gasteiger partial charge >= 0.3 is 0 Å². The summed E-state index contributed by atoms with van der Waals surface area (Å²) in [7, 11) is 3.29. The Kier molecular flexibility index (Phi) is 6.48. The van der Waals surface area contributed by atoms with Crippen LogP contribution in [0.5, 0.6) is 5.75 Å². The lowest BCUT2D eigenvalue weighted by Crippen LogP contribution is -2.41. The molecule has 0 heterocycles. The minimum absolute atomic E-state index is 0.0297. The van der Waals surface area contributed by atoms with E-state index in [0.29, 0.717) is 13.1 Å². The van der Waals surface area contributed by atoms with E-state index < -0.39 is 5.41 Å². The van der Waals surface area contributed by atoms with E-state index in [9.17, 15) is 4.79 Å². The first kappa shape index (κ1) is 17.5. The van der Waals surface area contributed by atoms with Gasteiger partial charge in [-0.2, -0.15) is 0 Å². The fourth-order valence-corrected chi connectivity index (χ4v) is 3.45. The van der Waals surface area contributed by atoms with Crippen molar-refractivity contribution in [3.63, 3.8) is 0 Å². The highest BCUT2D eigenvalue weighted by molar-refractivity contribution is 9.11. The molecule has 6 heteroatoms. The molecule has 0 aliphatic rings. The summed E-state index contributed by atoms with van der Waals surface area (Å²) in [4.78, 5) is 11.7. The Morgan fingerprint density at radius 3 is 2.30 bits per heavy atom. The third kappa shape index (κ3) is 4.46. The van der Waals surface area contributed by atoms with Gasteiger partial charge in [-0.3, -0.25) is 4.79 Å². The summed E-state index contributed by atoms with van der Waals surface area (Å²) in [6.07, 6.45) is 0.